The number of aryl methyl sites for hydroxylation is 1. The van der Waals surface area contributed by atoms with Gasteiger partial charge < -0.3 is 16.4 Å². The van der Waals surface area contributed by atoms with Gasteiger partial charge in [-0.05, 0) is 54.8 Å². The molecule has 24 heavy (non-hydrogen) atoms. The van der Waals surface area contributed by atoms with Gasteiger partial charge >= 0.3 is 0 Å². The summed E-state index contributed by atoms with van der Waals surface area (Å²) < 4.78 is 0. The van der Waals surface area contributed by atoms with E-state index in [1.807, 2.05) is 31.2 Å². The van der Waals surface area contributed by atoms with Crippen molar-refractivity contribution >= 4 is 28.9 Å². The topological polar surface area (TPSA) is 84.2 Å². The Morgan fingerprint density at radius 3 is 2.04 bits per heavy atom. The Kier molecular flexibility index (Phi) is 6.37. The molecule has 0 heterocycles. The molecule has 2 rings (SSSR count). The lowest BCUT2D eigenvalue weighted by Crippen LogP contribution is -2.13. The zero-order valence-electron chi connectivity index (χ0n) is 13.8. The quantitative estimate of drug-likeness (QED) is 0.680. The number of carbonyl (C=O) groups is 2. The molecular formula is C19H23N3O2. The standard InChI is InChI=1S/C19H23N3O2/c1-2-4-18(23)21-16-8-10-17(11-9-16)22-19(24)12-7-14-5-3-6-15(20)13-14/h3,5-6,8-11,13H,2,4,7,12,20H2,1H3,(H,21,23)(H,22,24). The van der Waals surface area contributed by atoms with Crippen molar-refractivity contribution in [1.29, 1.82) is 0 Å². The number of anilines is 3. The van der Waals surface area contributed by atoms with Gasteiger partial charge in [0, 0.05) is 29.9 Å². The lowest BCUT2D eigenvalue weighted by atomic mass is 10.1. The average Bonchev–Trinajstić information content (AvgIpc) is 2.55. The molecule has 126 valence electrons. The first kappa shape index (κ1) is 17.5. The molecule has 2 amide bonds. The van der Waals surface area contributed by atoms with Crippen molar-refractivity contribution in [2.45, 2.75) is 32.6 Å². The molecule has 0 spiro atoms. The van der Waals surface area contributed by atoms with E-state index in [1.165, 1.54) is 0 Å². The smallest absolute Gasteiger partial charge is 0.224 e. The fourth-order valence-corrected chi connectivity index (χ4v) is 2.32. The number of nitrogens with two attached hydrogens (primary N) is 1. The number of carbonyl (C=O) groups excluding carboxylic acids is 2. The van der Waals surface area contributed by atoms with E-state index in [2.05, 4.69) is 10.6 Å². The summed E-state index contributed by atoms with van der Waals surface area (Å²) in [5.41, 5.74) is 8.91. The number of amides is 2. The molecule has 5 nitrogen and oxygen atoms in total. The summed E-state index contributed by atoms with van der Waals surface area (Å²) in [7, 11) is 0. The predicted octanol–water partition coefficient (Wildman–Crippen LogP) is 3.58. The summed E-state index contributed by atoms with van der Waals surface area (Å²) in [6.07, 6.45) is 2.34. The highest BCUT2D eigenvalue weighted by Crippen LogP contribution is 2.15. The summed E-state index contributed by atoms with van der Waals surface area (Å²) in [5, 5.41) is 5.66. The van der Waals surface area contributed by atoms with Crippen LogP contribution < -0.4 is 16.4 Å². The van der Waals surface area contributed by atoms with Crippen LogP contribution in [0.2, 0.25) is 0 Å². The van der Waals surface area contributed by atoms with E-state index in [0.29, 0.717) is 30.6 Å². The number of benzene rings is 2. The van der Waals surface area contributed by atoms with Gasteiger partial charge in [0.05, 0.1) is 0 Å². The van der Waals surface area contributed by atoms with Crippen LogP contribution in [0.4, 0.5) is 17.1 Å². The van der Waals surface area contributed by atoms with E-state index in [9.17, 15) is 9.59 Å². The Balaban J connectivity index is 1.82. The maximum absolute atomic E-state index is 12.0. The number of nitrogens with one attached hydrogen (secondary N) is 2. The number of rotatable bonds is 7. The predicted molar refractivity (Wildman–Crippen MR) is 97.8 cm³/mol. The SMILES string of the molecule is CCCC(=O)Nc1ccc(NC(=O)CCc2cccc(N)c2)cc1. The minimum atomic E-state index is -0.0554. The van der Waals surface area contributed by atoms with Crippen LogP contribution in [0.5, 0.6) is 0 Å². The Bertz CT molecular complexity index is 696. The van der Waals surface area contributed by atoms with Crippen molar-refractivity contribution in [3.05, 3.63) is 54.1 Å². The van der Waals surface area contributed by atoms with Crippen molar-refractivity contribution < 1.29 is 9.59 Å². The summed E-state index contributed by atoms with van der Waals surface area (Å²) in [5.74, 6) is -0.0587. The van der Waals surface area contributed by atoms with Crippen molar-refractivity contribution in [2.24, 2.45) is 0 Å². The van der Waals surface area contributed by atoms with Crippen LogP contribution in [0.1, 0.15) is 31.7 Å². The van der Waals surface area contributed by atoms with Gasteiger partial charge in [-0.1, -0.05) is 19.1 Å². The van der Waals surface area contributed by atoms with Crippen LogP contribution in [0, 0.1) is 0 Å². The van der Waals surface area contributed by atoms with Crippen molar-refractivity contribution in [1.82, 2.24) is 0 Å². The van der Waals surface area contributed by atoms with E-state index in [4.69, 9.17) is 5.73 Å². The highest BCUT2D eigenvalue weighted by Gasteiger charge is 2.05. The Hall–Kier alpha value is -2.82. The molecule has 0 aliphatic carbocycles. The van der Waals surface area contributed by atoms with Crippen molar-refractivity contribution in [2.75, 3.05) is 16.4 Å². The summed E-state index contributed by atoms with van der Waals surface area (Å²) in [6.45, 7) is 1.96. The van der Waals surface area contributed by atoms with E-state index in [0.717, 1.165) is 17.7 Å². The number of hydrogen-bond donors (Lipinski definition) is 3. The van der Waals surface area contributed by atoms with Gasteiger partial charge in [-0.2, -0.15) is 0 Å². The second-order valence-corrected chi connectivity index (χ2v) is 5.67. The maximum Gasteiger partial charge on any atom is 0.224 e. The van der Waals surface area contributed by atoms with Gasteiger partial charge in [0.2, 0.25) is 11.8 Å². The number of hydrogen-bond acceptors (Lipinski definition) is 3. The molecule has 0 bridgehead atoms. The third-order valence-electron chi connectivity index (χ3n) is 3.52. The van der Waals surface area contributed by atoms with E-state index >= 15 is 0 Å². The van der Waals surface area contributed by atoms with Gasteiger partial charge in [-0.3, -0.25) is 9.59 Å². The number of nitrogen functional groups attached to an aromatic ring is 1. The van der Waals surface area contributed by atoms with Crippen LogP contribution >= 0.6 is 0 Å². The first-order valence-electron chi connectivity index (χ1n) is 8.11. The summed E-state index contributed by atoms with van der Waals surface area (Å²) in [4.78, 5) is 23.5. The van der Waals surface area contributed by atoms with Crippen LogP contribution in [0.25, 0.3) is 0 Å². The minimum absolute atomic E-state index is 0.00332. The van der Waals surface area contributed by atoms with E-state index < -0.39 is 0 Å². The molecule has 0 aromatic heterocycles. The summed E-state index contributed by atoms with van der Waals surface area (Å²) >= 11 is 0. The molecule has 0 aliphatic rings. The van der Waals surface area contributed by atoms with Gasteiger partial charge in [-0.25, -0.2) is 0 Å². The van der Waals surface area contributed by atoms with Crippen LogP contribution in [0.15, 0.2) is 48.5 Å². The lowest BCUT2D eigenvalue weighted by Gasteiger charge is -2.08. The van der Waals surface area contributed by atoms with E-state index in [1.54, 1.807) is 24.3 Å². The molecule has 0 aliphatic heterocycles. The second kappa shape index (κ2) is 8.72. The molecule has 0 atom stereocenters. The van der Waals surface area contributed by atoms with Crippen molar-refractivity contribution in [3.8, 4) is 0 Å². The molecular weight excluding hydrogens is 302 g/mol. The Morgan fingerprint density at radius 1 is 0.917 bits per heavy atom. The van der Waals surface area contributed by atoms with Gasteiger partial charge in [0.25, 0.3) is 0 Å². The molecule has 0 saturated heterocycles. The third kappa shape index (κ3) is 5.76. The fourth-order valence-electron chi connectivity index (χ4n) is 2.32. The molecule has 2 aromatic carbocycles. The largest absolute Gasteiger partial charge is 0.399 e. The van der Waals surface area contributed by atoms with Crippen LogP contribution in [-0.4, -0.2) is 11.8 Å². The molecule has 0 saturated carbocycles. The average molecular weight is 325 g/mol. The minimum Gasteiger partial charge on any atom is -0.399 e. The highest BCUT2D eigenvalue weighted by molar-refractivity contribution is 5.93. The van der Waals surface area contributed by atoms with Gasteiger partial charge in [0.1, 0.15) is 0 Å². The normalized spacial score (nSPS) is 10.2. The van der Waals surface area contributed by atoms with Crippen LogP contribution in [0.3, 0.4) is 0 Å². The molecule has 5 heteroatoms. The molecule has 0 fully saturated rings. The second-order valence-electron chi connectivity index (χ2n) is 5.67. The molecule has 0 unspecified atom stereocenters. The Labute approximate surface area is 142 Å². The van der Waals surface area contributed by atoms with E-state index in [-0.39, 0.29) is 11.8 Å². The molecule has 4 N–H and O–H groups in total. The zero-order chi connectivity index (χ0) is 17.4. The van der Waals surface area contributed by atoms with Gasteiger partial charge in [0.15, 0.2) is 0 Å². The van der Waals surface area contributed by atoms with Crippen LogP contribution in [-0.2, 0) is 16.0 Å². The first-order valence-corrected chi connectivity index (χ1v) is 8.11. The third-order valence-corrected chi connectivity index (χ3v) is 3.52. The monoisotopic (exact) mass is 325 g/mol. The van der Waals surface area contributed by atoms with Gasteiger partial charge in [-0.15, -0.1) is 0 Å². The Morgan fingerprint density at radius 2 is 1.50 bits per heavy atom. The lowest BCUT2D eigenvalue weighted by molar-refractivity contribution is -0.117. The molecule has 0 radical (unpaired) electrons. The fraction of sp³-hybridized carbons (Fsp3) is 0.263. The highest BCUT2D eigenvalue weighted by atomic mass is 16.2. The molecule has 2 aromatic rings. The maximum atomic E-state index is 12.0. The zero-order valence-corrected chi connectivity index (χ0v) is 13.8. The summed E-state index contributed by atoms with van der Waals surface area (Å²) in [6, 6.07) is 14.7. The first-order chi connectivity index (χ1) is 11.6. The van der Waals surface area contributed by atoms with Crippen molar-refractivity contribution in [3.63, 3.8) is 0 Å².